The van der Waals surface area contributed by atoms with E-state index in [1.54, 1.807) is 54.9 Å². The van der Waals surface area contributed by atoms with Crippen LogP contribution in [0.25, 0.3) is 17.2 Å². The van der Waals surface area contributed by atoms with Crippen molar-refractivity contribution in [2.75, 3.05) is 18.9 Å². The fourth-order valence-electron chi connectivity index (χ4n) is 3.72. The molecule has 12 nitrogen and oxygen atoms in total. The first kappa shape index (κ1) is 26.8. The predicted octanol–water partition coefficient (Wildman–Crippen LogP) is 3.16. The lowest BCUT2D eigenvalue weighted by molar-refractivity contribution is 0.0949. The Hall–Kier alpha value is -4.23. The third kappa shape index (κ3) is 5.53. The number of benzene rings is 1. The number of hydrogen-bond acceptors (Lipinski definition) is 10. The van der Waals surface area contributed by atoms with Crippen molar-refractivity contribution in [2.24, 2.45) is 0 Å². The Balaban J connectivity index is 1.79. The van der Waals surface area contributed by atoms with E-state index in [4.69, 9.17) is 9.47 Å². The summed E-state index contributed by atoms with van der Waals surface area (Å²) in [5.41, 5.74) is 2.10. The van der Waals surface area contributed by atoms with Crippen LogP contribution < -0.4 is 9.46 Å². The molecule has 0 aliphatic heterocycles. The van der Waals surface area contributed by atoms with Crippen LogP contribution >= 0.6 is 0 Å². The van der Waals surface area contributed by atoms with Gasteiger partial charge < -0.3 is 9.47 Å². The minimum atomic E-state index is -4.11. The number of sulfonamides is 1. The average Bonchev–Trinajstić information content (AvgIpc) is 3.33. The highest BCUT2D eigenvalue weighted by atomic mass is 32.2. The molecule has 0 fully saturated rings. The maximum atomic E-state index is 13.5. The van der Waals surface area contributed by atoms with E-state index in [1.807, 2.05) is 6.92 Å². The predicted molar refractivity (Wildman–Crippen MR) is 140 cm³/mol. The topological polar surface area (TPSA) is 151 Å². The van der Waals surface area contributed by atoms with E-state index >= 15 is 0 Å². The molecule has 0 spiro atoms. The van der Waals surface area contributed by atoms with Crippen molar-refractivity contribution in [3.8, 4) is 23.1 Å². The quantitative estimate of drug-likeness (QED) is 0.299. The zero-order valence-electron chi connectivity index (χ0n) is 21.5. The van der Waals surface area contributed by atoms with Gasteiger partial charge in [0.25, 0.3) is 0 Å². The Kier molecular flexibility index (Phi) is 7.78. The van der Waals surface area contributed by atoms with Crippen LogP contribution in [0.15, 0.2) is 54.9 Å². The number of ketones is 1. The molecule has 38 heavy (non-hydrogen) atoms. The zero-order chi connectivity index (χ0) is 27.4. The molecular formula is C25H27N7O5S. The molecule has 4 aromatic rings. The number of nitrogens with one attached hydrogen (secondary N) is 1. The highest BCUT2D eigenvalue weighted by Gasteiger charge is 2.34. The number of carbonyl (C=O) groups is 1. The average molecular weight is 538 g/mol. The van der Waals surface area contributed by atoms with Gasteiger partial charge in [0.05, 0.1) is 12.8 Å². The Bertz CT molecular complexity index is 1550. The Morgan fingerprint density at radius 3 is 2.42 bits per heavy atom. The molecule has 0 aliphatic carbocycles. The number of aryl methyl sites for hydroxylation is 1. The first-order valence-corrected chi connectivity index (χ1v) is 13.1. The molecule has 13 heteroatoms. The van der Waals surface area contributed by atoms with Crippen molar-refractivity contribution in [3.05, 3.63) is 71.8 Å². The van der Waals surface area contributed by atoms with Crippen molar-refractivity contribution in [1.29, 1.82) is 0 Å². The number of pyridine rings is 1. The molecule has 2 unspecified atom stereocenters. The van der Waals surface area contributed by atoms with Gasteiger partial charge in [-0.25, -0.2) is 23.4 Å². The number of rotatable bonds is 10. The second-order valence-electron chi connectivity index (χ2n) is 8.48. The van der Waals surface area contributed by atoms with E-state index in [-0.39, 0.29) is 23.4 Å². The molecule has 4 rings (SSSR count). The summed E-state index contributed by atoms with van der Waals surface area (Å²) in [4.78, 5) is 24.9. The number of ether oxygens (including phenoxy) is 2. The molecular weight excluding hydrogens is 510 g/mol. The Morgan fingerprint density at radius 2 is 1.76 bits per heavy atom. The third-order valence-electron chi connectivity index (χ3n) is 5.79. The molecule has 0 amide bonds. The molecule has 0 bridgehead atoms. The van der Waals surface area contributed by atoms with Gasteiger partial charge in [0.15, 0.2) is 17.4 Å². The summed E-state index contributed by atoms with van der Waals surface area (Å²) in [5, 5.41) is 7.23. The van der Waals surface area contributed by atoms with E-state index in [0.29, 0.717) is 22.8 Å². The summed E-state index contributed by atoms with van der Waals surface area (Å²) >= 11 is 0. The number of methoxy groups -OCH3 is 2. The van der Waals surface area contributed by atoms with E-state index in [9.17, 15) is 13.2 Å². The van der Waals surface area contributed by atoms with Crippen LogP contribution in [0, 0.1) is 6.92 Å². The van der Waals surface area contributed by atoms with Gasteiger partial charge in [-0.3, -0.25) is 14.1 Å². The molecule has 1 N–H and O–H groups in total. The van der Waals surface area contributed by atoms with Crippen molar-refractivity contribution >= 4 is 21.8 Å². The summed E-state index contributed by atoms with van der Waals surface area (Å²) in [6, 6.07) is 11.8. The van der Waals surface area contributed by atoms with Gasteiger partial charge in [0, 0.05) is 31.1 Å². The standard InChI is InChI=1S/C25H27N7O5S/c1-15-13-26-23(27-14-15)22(37-5)17(3)38(34,35)31-25-30-29-24(20-10-7-11-21(28-20)36-4)32(25)19-9-6-8-18(12-19)16(2)33/h6-14,17,22H,1-5H3,(H,30,31). The largest absolute Gasteiger partial charge is 0.481 e. The van der Waals surface area contributed by atoms with Crippen molar-refractivity contribution < 1.29 is 22.7 Å². The van der Waals surface area contributed by atoms with Crippen LogP contribution in [0.3, 0.4) is 0 Å². The number of hydrogen-bond donors (Lipinski definition) is 1. The van der Waals surface area contributed by atoms with Gasteiger partial charge in [-0.05, 0) is 44.5 Å². The first-order valence-electron chi connectivity index (χ1n) is 11.6. The Labute approximate surface area is 220 Å². The normalized spacial score (nSPS) is 13.1. The third-order valence-corrected chi connectivity index (χ3v) is 7.49. The summed E-state index contributed by atoms with van der Waals surface area (Å²) in [7, 11) is -1.24. The lowest BCUT2D eigenvalue weighted by Crippen LogP contribution is -2.33. The van der Waals surface area contributed by atoms with Gasteiger partial charge in [-0.1, -0.05) is 18.2 Å². The van der Waals surface area contributed by atoms with Gasteiger partial charge in [0.1, 0.15) is 17.0 Å². The highest BCUT2D eigenvalue weighted by molar-refractivity contribution is 7.93. The lowest BCUT2D eigenvalue weighted by atomic mass is 10.1. The second-order valence-corrected chi connectivity index (χ2v) is 10.5. The van der Waals surface area contributed by atoms with Crippen LogP contribution in [-0.2, 0) is 14.8 Å². The highest BCUT2D eigenvalue weighted by Crippen LogP contribution is 2.29. The van der Waals surface area contributed by atoms with Crippen molar-refractivity contribution in [2.45, 2.75) is 32.1 Å². The first-order chi connectivity index (χ1) is 18.1. The molecule has 3 aromatic heterocycles. The van der Waals surface area contributed by atoms with E-state index in [0.717, 1.165) is 5.56 Å². The number of anilines is 1. The van der Waals surface area contributed by atoms with Crippen LogP contribution in [0.5, 0.6) is 5.88 Å². The molecule has 198 valence electrons. The maximum Gasteiger partial charge on any atom is 0.243 e. The molecule has 0 saturated carbocycles. The fourth-order valence-corrected chi connectivity index (χ4v) is 4.85. The molecule has 3 heterocycles. The smallest absolute Gasteiger partial charge is 0.243 e. The van der Waals surface area contributed by atoms with Crippen LogP contribution in [0.4, 0.5) is 5.95 Å². The fraction of sp³-hybridized carbons (Fsp3) is 0.280. The Morgan fingerprint density at radius 1 is 1.05 bits per heavy atom. The van der Waals surface area contributed by atoms with E-state index in [2.05, 4.69) is 29.9 Å². The monoisotopic (exact) mass is 537 g/mol. The van der Waals surface area contributed by atoms with Crippen LogP contribution in [0.2, 0.25) is 0 Å². The molecule has 0 radical (unpaired) electrons. The lowest BCUT2D eigenvalue weighted by Gasteiger charge is -2.22. The molecule has 2 atom stereocenters. The van der Waals surface area contributed by atoms with Crippen LogP contribution in [-0.4, -0.2) is 63.4 Å². The number of carbonyl (C=O) groups excluding carboxylic acids is 1. The summed E-state index contributed by atoms with van der Waals surface area (Å²) < 4.78 is 41.8. The molecule has 0 aliphatic rings. The molecule has 1 aromatic carbocycles. The van der Waals surface area contributed by atoms with Crippen molar-refractivity contribution in [1.82, 2.24) is 29.7 Å². The van der Waals surface area contributed by atoms with Gasteiger partial charge in [0.2, 0.25) is 21.9 Å². The summed E-state index contributed by atoms with van der Waals surface area (Å²) in [5.74, 6) is 0.550. The minimum absolute atomic E-state index is 0.100. The summed E-state index contributed by atoms with van der Waals surface area (Å²) in [6.07, 6.45) is 2.23. The number of Topliss-reactive ketones (excluding diaryl/α,β-unsaturated/α-hetero) is 1. The van der Waals surface area contributed by atoms with Gasteiger partial charge >= 0.3 is 0 Å². The number of aromatic nitrogens is 6. The maximum absolute atomic E-state index is 13.5. The van der Waals surface area contributed by atoms with Crippen LogP contribution in [0.1, 0.15) is 41.7 Å². The summed E-state index contributed by atoms with van der Waals surface area (Å²) in [6.45, 7) is 4.76. The second kappa shape index (κ2) is 11.0. The number of nitrogens with zero attached hydrogens (tertiary/aromatic N) is 6. The van der Waals surface area contributed by atoms with Gasteiger partial charge in [-0.2, -0.15) is 0 Å². The van der Waals surface area contributed by atoms with E-state index in [1.165, 1.54) is 32.6 Å². The molecule has 0 saturated heterocycles. The SMILES string of the molecule is COc1cccc(-c2nnc(NS(=O)(=O)C(C)C(OC)c3ncc(C)cn3)n2-c2cccc(C(C)=O)c2)n1. The van der Waals surface area contributed by atoms with E-state index < -0.39 is 21.4 Å². The van der Waals surface area contributed by atoms with Gasteiger partial charge in [-0.15, -0.1) is 10.2 Å². The minimum Gasteiger partial charge on any atom is -0.481 e. The van der Waals surface area contributed by atoms with Crippen molar-refractivity contribution in [3.63, 3.8) is 0 Å². The zero-order valence-corrected chi connectivity index (χ0v) is 22.3.